The Morgan fingerprint density at radius 2 is 1.77 bits per heavy atom. The van der Waals surface area contributed by atoms with Gasteiger partial charge >= 0.3 is 0 Å². The van der Waals surface area contributed by atoms with Crippen LogP contribution in [0.3, 0.4) is 0 Å². The number of hydrogen-bond donors (Lipinski definition) is 2. The van der Waals surface area contributed by atoms with Crippen molar-refractivity contribution >= 4 is 35.0 Å². The molecule has 156 valence electrons. The number of benzene rings is 2. The third-order valence-electron chi connectivity index (χ3n) is 4.40. The molecule has 0 aliphatic heterocycles. The van der Waals surface area contributed by atoms with Crippen LogP contribution in [0.25, 0.3) is 11.4 Å². The molecule has 8 heteroatoms. The number of nitrogens with one attached hydrogen (secondary N) is 2. The van der Waals surface area contributed by atoms with Crippen LogP contribution in [0.5, 0.6) is 0 Å². The van der Waals surface area contributed by atoms with E-state index in [1.165, 1.54) is 18.7 Å². The van der Waals surface area contributed by atoms with Gasteiger partial charge in [-0.3, -0.25) is 9.59 Å². The number of aryl methyl sites for hydroxylation is 2. The zero-order valence-electron chi connectivity index (χ0n) is 17.5. The zero-order valence-corrected chi connectivity index (χ0v) is 18.3. The van der Waals surface area contributed by atoms with Gasteiger partial charge in [0, 0.05) is 19.0 Å². The van der Waals surface area contributed by atoms with E-state index in [4.69, 9.17) is 0 Å². The van der Waals surface area contributed by atoms with E-state index < -0.39 is 0 Å². The highest BCUT2D eigenvalue weighted by Crippen LogP contribution is 2.26. The Morgan fingerprint density at radius 3 is 2.47 bits per heavy atom. The summed E-state index contributed by atoms with van der Waals surface area (Å²) in [5, 5.41) is 14.9. The van der Waals surface area contributed by atoms with Gasteiger partial charge in [0.05, 0.1) is 17.1 Å². The molecule has 0 bridgehead atoms. The van der Waals surface area contributed by atoms with E-state index in [0.717, 1.165) is 22.5 Å². The standard InChI is InChI=1S/C22H25N5O2S/c1-5-27-21(17-8-6-7-14(2)11-17)25-26-22(27)30-13-20(29)24-19-12-15(3)9-10-18(19)23-16(4)28/h6-12H,5,13H2,1-4H3,(H,23,28)(H,24,29). The van der Waals surface area contributed by atoms with Crippen LogP contribution in [-0.2, 0) is 16.1 Å². The van der Waals surface area contributed by atoms with Gasteiger partial charge in [0.25, 0.3) is 0 Å². The molecular weight excluding hydrogens is 398 g/mol. The zero-order chi connectivity index (χ0) is 21.7. The quantitative estimate of drug-likeness (QED) is 0.554. The molecule has 0 aliphatic carbocycles. The first kappa shape index (κ1) is 21.6. The molecule has 0 saturated carbocycles. The van der Waals surface area contributed by atoms with Crippen LogP contribution in [0, 0.1) is 13.8 Å². The molecule has 2 N–H and O–H groups in total. The summed E-state index contributed by atoms with van der Waals surface area (Å²) >= 11 is 1.33. The number of carbonyl (C=O) groups excluding carboxylic acids is 2. The van der Waals surface area contributed by atoms with Crippen LogP contribution in [0.4, 0.5) is 11.4 Å². The van der Waals surface area contributed by atoms with Crippen LogP contribution in [0.2, 0.25) is 0 Å². The van der Waals surface area contributed by atoms with Crippen LogP contribution < -0.4 is 10.6 Å². The summed E-state index contributed by atoms with van der Waals surface area (Å²) in [5.41, 5.74) is 4.29. The summed E-state index contributed by atoms with van der Waals surface area (Å²) in [6.45, 7) is 8.13. The van der Waals surface area contributed by atoms with Gasteiger partial charge in [-0.1, -0.05) is 41.6 Å². The molecule has 2 amide bonds. The number of amides is 2. The van der Waals surface area contributed by atoms with E-state index in [1.54, 1.807) is 6.07 Å². The molecular formula is C22H25N5O2S. The maximum Gasteiger partial charge on any atom is 0.234 e. The van der Waals surface area contributed by atoms with Crippen molar-refractivity contribution in [3.05, 3.63) is 53.6 Å². The van der Waals surface area contributed by atoms with Gasteiger partial charge in [-0.25, -0.2) is 0 Å². The Morgan fingerprint density at radius 1 is 1.00 bits per heavy atom. The second-order valence-electron chi connectivity index (χ2n) is 6.99. The first-order valence-corrected chi connectivity index (χ1v) is 10.7. The lowest BCUT2D eigenvalue weighted by Crippen LogP contribution is -2.17. The third-order valence-corrected chi connectivity index (χ3v) is 5.37. The minimum Gasteiger partial charge on any atom is -0.325 e. The highest BCUT2D eigenvalue weighted by molar-refractivity contribution is 7.99. The molecule has 0 fully saturated rings. The summed E-state index contributed by atoms with van der Waals surface area (Å²) in [6.07, 6.45) is 0. The highest BCUT2D eigenvalue weighted by Gasteiger charge is 2.15. The summed E-state index contributed by atoms with van der Waals surface area (Å²) in [6, 6.07) is 13.6. The molecule has 2 aromatic carbocycles. The average molecular weight is 424 g/mol. The summed E-state index contributed by atoms with van der Waals surface area (Å²) in [7, 11) is 0. The van der Waals surface area contributed by atoms with Gasteiger partial charge < -0.3 is 15.2 Å². The number of nitrogens with zero attached hydrogens (tertiary/aromatic N) is 3. The minimum atomic E-state index is -0.191. The minimum absolute atomic E-state index is 0.180. The lowest BCUT2D eigenvalue weighted by Gasteiger charge is -2.12. The summed E-state index contributed by atoms with van der Waals surface area (Å²) < 4.78 is 2.00. The monoisotopic (exact) mass is 423 g/mol. The van der Waals surface area contributed by atoms with Crippen molar-refractivity contribution in [3.63, 3.8) is 0 Å². The molecule has 3 aromatic rings. The maximum absolute atomic E-state index is 12.6. The lowest BCUT2D eigenvalue weighted by molar-refractivity contribution is -0.115. The molecule has 1 aromatic heterocycles. The van der Waals surface area contributed by atoms with E-state index in [9.17, 15) is 9.59 Å². The topological polar surface area (TPSA) is 88.9 Å². The first-order valence-electron chi connectivity index (χ1n) is 9.68. The van der Waals surface area contributed by atoms with Crippen molar-refractivity contribution in [2.45, 2.75) is 39.4 Å². The summed E-state index contributed by atoms with van der Waals surface area (Å²) in [4.78, 5) is 24.0. The Hall–Kier alpha value is -3.13. The molecule has 0 atom stereocenters. The van der Waals surface area contributed by atoms with Crippen LogP contribution >= 0.6 is 11.8 Å². The predicted molar refractivity (Wildman–Crippen MR) is 121 cm³/mol. The Balaban J connectivity index is 1.71. The van der Waals surface area contributed by atoms with Gasteiger partial charge in [0.2, 0.25) is 11.8 Å². The fraction of sp³-hybridized carbons (Fsp3) is 0.273. The summed E-state index contributed by atoms with van der Waals surface area (Å²) in [5.74, 6) is 0.596. The number of rotatable bonds is 7. The van der Waals surface area contributed by atoms with E-state index in [-0.39, 0.29) is 17.6 Å². The molecule has 1 heterocycles. The van der Waals surface area contributed by atoms with Crippen molar-refractivity contribution < 1.29 is 9.59 Å². The van der Waals surface area contributed by atoms with Crippen molar-refractivity contribution in [1.29, 1.82) is 0 Å². The largest absolute Gasteiger partial charge is 0.325 e. The molecule has 0 unspecified atom stereocenters. The molecule has 0 spiro atoms. The van der Waals surface area contributed by atoms with Crippen molar-refractivity contribution in [2.75, 3.05) is 16.4 Å². The highest BCUT2D eigenvalue weighted by atomic mass is 32.2. The molecule has 30 heavy (non-hydrogen) atoms. The fourth-order valence-electron chi connectivity index (χ4n) is 3.05. The van der Waals surface area contributed by atoms with E-state index in [2.05, 4.69) is 26.9 Å². The van der Waals surface area contributed by atoms with Gasteiger partial charge in [0.1, 0.15) is 0 Å². The van der Waals surface area contributed by atoms with Crippen molar-refractivity contribution in [2.24, 2.45) is 0 Å². The molecule has 0 radical (unpaired) electrons. The number of aromatic nitrogens is 3. The van der Waals surface area contributed by atoms with Gasteiger partial charge in [-0.15, -0.1) is 10.2 Å². The fourth-order valence-corrected chi connectivity index (χ4v) is 3.86. The van der Waals surface area contributed by atoms with Gasteiger partial charge in [0.15, 0.2) is 11.0 Å². The van der Waals surface area contributed by atoms with Crippen LogP contribution in [-0.4, -0.2) is 32.3 Å². The maximum atomic E-state index is 12.6. The van der Waals surface area contributed by atoms with E-state index in [1.807, 2.05) is 55.7 Å². The van der Waals surface area contributed by atoms with Gasteiger partial charge in [-0.05, 0) is 44.5 Å². The Labute approximate surface area is 180 Å². The SMILES string of the molecule is CCn1c(SCC(=O)Nc2cc(C)ccc2NC(C)=O)nnc1-c1cccc(C)c1. The Bertz CT molecular complexity index is 1080. The molecule has 0 aliphatic rings. The number of hydrogen-bond acceptors (Lipinski definition) is 5. The molecule has 7 nitrogen and oxygen atoms in total. The van der Waals surface area contributed by atoms with Crippen molar-refractivity contribution in [3.8, 4) is 11.4 Å². The second-order valence-corrected chi connectivity index (χ2v) is 7.93. The average Bonchev–Trinajstić information content (AvgIpc) is 3.11. The van der Waals surface area contributed by atoms with Crippen LogP contribution in [0.1, 0.15) is 25.0 Å². The number of anilines is 2. The van der Waals surface area contributed by atoms with Crippen molar-refractivity contribution in [1.82, 2.24) is 14.8 Å². The Kier molecular flexibility index (Phi) is 6.89. The van der Waals surface area contributed by atoms with E-state index in [0.29, 0.717) is 23.1 Å². The van der Waals surface area contributed by atoms with Gasteiger partial charge in [-0.2, -0.15) is 0 Å². The molecule has 0 saturated heterocycles. The number of thioether (sulfide) groups is 1. The molecule has 3 rings (SSSR count). The van der Waals surface area contributed by atoms with E-state index >= 15 is 0 Å². The second kappa shape index (κ2) is 9.58. The number of carbonyl (C=O) groups is 2. The third kappa shape index (κ3) is 5.27. The van der Waals surface area contributed by atoms with Crippen LogP contribution in [0.15, 0.2) is 47.6 Å². The lowest BCUT2D eigenvalue weighted by atomic mass is 10.1. The smallest absolute Gasteiger partial charge is 0.234 e. The normalized spacial score (nSPS) is 10.7. The predicted octanol–water partition coefficient (Wildman–Crippen LogP) is 4.27. The first-order chi connectivity index (χ1) is 14.4.